The number of nitriles is 1. The minimum absolute atomic E-state index is 0.168. The van der Waals surface area contributed by atoms with Crippen molar-refractivity contribution in [3.63, 3.8) is 0 Å². The summed E-state index contributed by atoms with van der Waals surface area (Å²) in [6, 6.07) is 11.6. The van der Waals surface area contributed by atoms with Gasteiger partial charge in [0.2, 0.25) is 0 Å². The van der Waals surface area contributed by atoms with E-state index in [2.05, 4.69) is 4.98 Å². The monoisotopic (exact) mass is 224 g/mol. The van der Waals surface area contributed by atoms with Gasteiger partial charge in [0.05, 0.1) is 0 Å². The molecule has 2 aromatic rings. The van der Waals surface area contributed by atoms with E-state index in [1.54, 1.807) is 0 Å². The number of aryl methyl sites for hydroxylation is 2. The van der Waals surface area contributed by atoms with E-state index in [4.69, 9.17) is 5.26 Å². The lowest BCUT2D eigenvalue weighted by Crippen LogP contribution is -2.12. The van der Waals surface area contributed by atoms with Gasteiger partial charge in [-0.25, -0.2) is 0 Å². The molecule has 0 unspecified atom stereocenters. The molecular formula is C14H12N2O. The quantitative estimate of drug-likeness (QED) is 0.809. The van der Waals surface area contributed by atoms with Gasteiger partial charge >= 0.3 is 0 Å². The van der Waals surface area contributed by atoms with E-state index >= 15 is 0 Å². The summed E-state index contributed by atoms with van der Waals surface area (Å²) < 4.78 is 0. The van der Waals surface area contributed by atoms with Crippen molar-refractivity contribution in [2.75, 3.05) is 0 Å². The zero-order valence-electron chi connectivity index (χ0n) is 9.74. The van der Waals surface area contributed by atoms with E-state index in [1.807, 2.05) is 50.2 Å². The third-order valence-corrected chi connectivity index (χ3v) is 2.61. The van der Waals surface area contributed by atoms with Gasteiger partial charge < -0.3 is 4.98 Å². The average Bonchev–Trinajstić information content (AvgIpc) is 2.28. The van der Waals surface area contributed by atoms with Gasteiger partial charge in [0.25, 0.3) is 5.56 Å². The lowest BCUT2D eigenvalue weighted by Gasteiger charge is -2.06. The molecule has 0 aliphatic heterocycles. The summed E-state index contributed by atoms with van der Waals surface area (Å²) in [5.41, 5.74) is 3.29. The van der Waals surface area contributed by atoms with Crippen LogP contribution in [0, 0.1) is 25.2 Å². The molecule has 17 heavy (non-hydrogen) atoms. The van der Waals surface area contributed by atoms with E-state index in [-0.39, 0.29) is 11.1 Å². The molecule has 0 aliphatic carbocycles. The molecule has 1 aromatic heterocycles. The molecule has 3 nitrogen and oxygen atoms in total. The minimum atomic E-state index is -0.330. The number of H-pyrrole nitrogens is 1. The van der Waals surface area contributed by atoms with E-state index in [0.29, 0.717) is 5.56 Å². The number of benzene rings is 1. The summed E-state index contributed by atoms with van der Waals surface area (Å²) in [5.74, 6) is 0. The van der Waals surface area contributed by atoms with Crippen LogP contribution in [0.3, 0.4) is 0 Å². The van der Waals surface area contributed by atoms with E-state index in [1.165, 1.54) is 0 Å². The highest BCUT2D eigenvalue weighted by Gasteiger charge is 2.09. The van der Waals surface area contributed by atoms with Crippen LogP contribution in [0.5, 0.6) is 0 Å². The van der Waals surface area contributed by atoms with E-state index in [0.717, 1.165) is 16.8 Å². The number of rotatable bonds is 1. The number of aromatic amines is 1. The van der Waals surface area contributed by atoms with Crippen molar-refractivity contribution in [1.29, 1.82) is 5.26 Å². The zero-order chi connectivity index (χ0) is 12.4. The fourth-order valence-electron chi connectivity index (χ4n) is 1.84. The molecular weight excluding hydrogens is 212 g/mol. The molecule has 1 aromatic carbocycles. The molecule has 0 atom stereocenters. The van der Waals surface area contributed by atoms with Crippen molar-refractivity contribution in [3.05, 3.63) is 57.5 Å². The second-order valence-corrected chi connectivity index (χ2v) is 4.05. The molecule has 0 saturated carbocycles. The number of hydrogen-bond donors (Lipinski definition) is 1. The molecule has 0 fully saturated rings. The average molecular weight is 224 g/mol. The Kier molecular flexibility index (Phi) is 2.80. The highest BCUT2D eigenvalue weighted by atomic mass is 16.1. The van der Waals surface area contributed by atoms with Crippen LogP contribution in [-0.4, -0.2) is 4.98 Å². The largest absolute Gasteiger partial charge is 0.325 e. The normalized spacial score (nSPS) is 9.94. The topological polar surface area (TPSA) is 56.6 Å². The third kappa shape index (κ3) is 2.11. The molecule has 0 radical (unpaired) electrons. The Hall–Kier alpha value is -2.34. The standard InChI is InChI=1S/C14H12N2O/c1-9-4-3-5-11(6-9)12-7-10(2)16-14(17)13(12)8-15/h3-7H,1-2H3,(H,16,17). The van der Waals surface area contributed by atoms with Crippen molar-refractivity contribution in [2.45, 2.75) is 13.8 Å². The maximum Gasteiger partial charge on any atom is 0.266 e. The van der Waals surface area contributed by atoms with Gasteiger partial charge in [-0.3, -0.25) is 4.79 Å². The first kappa shape index (κ1) is 11.2. The van der Waals surface area contributed by atoms with Crippen LogP contribution in [0.15, 0.2) is 35.1 Å². The molecule has 0 spiro atoms. The summed E-state index contributed by atoms with van der Waals surface area (Å²) in [6.07, 6.45) is 0. The summed E-state index contributed by atoms with van der Waals surface area (Å²) in [6.45, 7) is 3.79. The predicted molar refractivity (Wildman–Crippen MR) is 66.7 cm³/mol. The number of pyridine rings is 1. The van der Waals surface area contributed by atoms with Crippen LogP contribution in [0.4, 0.5) is 0 Å². The van der Waals surface area contributed by atoms with Crippen molar-refractivity contribution < 1.29 is 0 Å². The summed E-state index contributed by atoms with van der Waals surface area (Å²) in [7, 11) is 0. The fourth-order valence-corrected chi connectivity index (χ4v) is 1.84. The molecule has 84 valence electrons. The number of nitrogens with zero attached hydrogens (tertiary/aromatic N) is 1. The second-order valence-electron chi connectivity index (χ2n) is 4.05. The number of hydrogen-bond acceptors (Lipinski definition) is 2. The molecule has 0 saturated heterocycles. The Balaban J connectivity index is 2.76. The van der Waals surface area contributed by atoms with Crippen LogP contribution in [0.1, 0.15) is 16.8 Å². The van der Waals surface area contributed by atoms with Crippen LogP contribution in [0.25, 0.3) is 11.1 Å². The fraction of sp³-hybridized carbons (Fsp3) is 0.143. The number of nitrogens with one attached hydrogen (secondary N) is 1. The predicted octanol–water partition coefficient (Wildman–Crippen LogP) is 2.53. The summed E-state index contributed by atoms with van der Waals surface area (Å²) >= 11 is 0. The maximum absolute atomic E-state index is 11.7. The Labute approximate surface area is 99.4 Å². The first-order chi connectivity index (χ1) is 8.11. The van der Waals surface area contributed by atoms with Gasteiger partial charge in [-0.15, -0.1) is 0 Å². The molecule has 0 amide bonds. The first-order valence-electron chi connectivity index (χ1n) is 5.33. The maximum atomic E-state index is 11.7. The Morgan fingerprint density at radius 3 is 2.65 bits per heavy atom. The highest BCUT2D eigenvalue weighted by molar-refractivity contribution is 5.70. The van der Waals surface area contributed by atoms with Crippen molar-refractivity contribution in [2.24, 2.45) is 0 Å². The van der Waals surface area contributed by atoms with Crippen molar-refractivity contribution in [1.82, 2.24) is 4.98 Å². The Bertz CT molecular complexity index is 663. The van der Waals surface area contributed by atoms with Crippen molar-refractivity contribution in [3.8, 4) is 17.2 Å². The van der Waals surface area contributed by atoms with Gasteiger partial charge in [-0.1, -0.05) is 29.8 Å². The Morgan fingerprint density at radius 1 is 1.24 bits per heavy atom. The molecule has 3 heteroatoms. The van der Waals surface area contributed by atoms with Crippen LogP contribution in [-0.2, 0) is 0 Å². The van der Waals surface area contributed by atoms with Gasteiger partial charge in [-0.2, -0.15) is 5.26 Å². The van der Waals surface area contributed by atoms with Crippen molar-refractivity contribution >= 4 is 0 Å². The number of aromatic nitrogens is 1. The third-order valence-electron chi connectivity index (χ3n) is 2.61. The van der Waals surface area contributed by atoms with Gasteiger partial charge in [0.15, 0.2) is 0 Å². The van der Waals surface area contributed by atoms with Gasteiger partial charge in [0, 0.05) is 11.3 Å². The first-order valence-corrected chi connectivity index (χ1v) is 5.33. The summed E-state index contributed by atoms with van der Waals surface area (Å²) in [5, 5.41) is 9.05. The lowest BCUT2D eigenvalue weighted by atomic mass is 10.00. The summed E-state index contributed by atoms with van der Waals surface area (Å²) in [4.78, 5) is 14.3. The smallest absolute Gasteiger partial charge is 0.266 e. The molecule has 1 N–H and O–H groups in total. The van der Waals surface area contributed by atoms with E-state index < -0.39 is 0 Å². The van der Waals surface area contributed by atoms with Gasteiger partial charge in [0.1, 0.15) is 11.6 Å². The molecule has 2 rings (SSSR count). The van der Waals surface area contributed by atoms with Crippen LogP contribution < -0.4 is 5.56 Å². The second kappa shape index (κ2) is 4.26. The SMILES string of the molecule is Cc1cccc(-c2cc(C)[nH]c(=O)c2C#N)c1. The van der Waals surface area contributed by atoms with Gasteiger partial charge in [-0.05, 0) is 25.5 Å². The van der Waals surface area contributed by atoms with Crippen LogP contribution >= 0.6 is 0 Å². The van der Waals surface area contributed by atoms with E-state index in [9.17, 15) is 4.79 Å². The molecule has 0 bridgehead atoms. The molecule has 1 heterocycles. The minimum Gasteiger partial charge on any atom is -0.325 e. The molecule has 0 aliphatic rings. The highest BCUT2D eigenvalue weighted by Crippen LogP contribution is 2.22. The zero-order valence-corrected chi connectivity index (χ0v) is 9.74. The lowest BCUT2D eigenvalue weighted by molar-refractivity contribution is 1.13. The van der Waals surface area contributed by atoms with Crippen LogP contribution in [0.2, 0.25) is 0 Å². The Morgan fingerprint density at radius 2 is 2.00 bits per heavy atom.